The predicted molar refractivity (Wildman–Crippen MR) is 68.2 cm³/mol. The fraction of sp³-hybridized carbons (Fsp3) is 0.692. The monoisotopic (exact) mass is 227 g/mol. The van der Waals surface area contributed by atoms with Crippen LogP contribution in [0.3, 0.4) is 0 Å². The lowest BCUT2D eigenvalue weighted by atomic mass is 10.4. The summed E-state index contributed by atoms with van der Waals surface area (Å²) >= 11 is 0. The Labute approximate surface area is 99.7 Å². The van der Waals surface area contributed by atoms with E-state index in [1.54, 1.807) is 0 Å². The standard InChI is InChI=1S/C13H25NO2/c1-10(2)8-15-12(5)14(7)13(6)16-9-11(3)4/h12-13H,1,3,8-9H2,2,4-7H3. The highest BCUT2D eigenvalue weighted by Gasteiger charge is 2.16. The Kier molecular flexibility index (Phi) is 7.30. The van der Waals surface area contributed by atoms with Crippen LogP contribution in [0.1, 0.15) is 27.7 Å². The lowest BCUT2D eigenvalue weighted by molar-refractivity contribution is -0.119. The van der Waals surface area contributed by atoms with Gasteiger partial charge in [0.25, 0.3) is 0 Å². The maximum atomic E-state index is 5.62. The Morgan fingerprint density at radius 1 is 1.00 bits per heavy atom. The van der Waals surface area contributed by atoms with E-state index in [0.29, 0.717) is 13.2 Å². The molecule has 3 heteroatoms. The van der Waals surface area contributed by atoms with Gasteiger partial charge in [-0.2, -0.15) is 0 Å². The highest BCUT2D eigenvalue weighted by Crippen LogP contribution is 2.07. The molecule has 3 nitrogen and oxygen atoms in total. The number of nitrogens with zero attached hydrogens (tertiary/aromatic N) is 1. The van der Waals surface area contributed by atoms with E-state index in [1.165, 1.54) is 0 Å². The molecule has 0 N–H and O–H groups in total. The van der Waals surface area contributed by atoms with Gasteiger partial charge in [0.2, 0.25) is 0 Å². The lowest BCUT2D eigenvalue weighted by Crippen LogP contribution is -2.40. The van der Waals surface area contributed by atoms with Crippen LogP contribution >= 0.6 is 0 Å². The summed E-state index contributed by atoms with van der Waals surface area (Å²) in [5, 5.41) is 0. The molecule has 0 heterocycles. The molecule has 0 radical (unpaired) electrons. The molecule has 0 aromatic rings. The third-order valence-corrected chi connectivity index (χ3v) is 2.29. The van der Waals surface area contributed by atoms with Crippen molar-refractivity contribution in [2.75, 3.05) is 20.3 Å². The van der Waals surface area contributed by atoms with Crippen molar-refractivity contribution in [1.82, 2.24) is 4.90 Å². The van der Waals surface area contributed by atoms with Crippen LogP contribution in [0.4, 0.5) is 0 Å². The SMILES string of the molecule is C=C(C)COC(C)N(C)C(C)OCC(=C)C. The minimum atomic E-state index is 0.0109. The molecule has 0 aromatic carbocycles. The summed E-state index contributed by atoms with van der Waals surface area (Å²) in [5.74, 6) is 0. The smallest absolute Gasteiger partial charge is 0.109 e. The Hall–Kier alpha value is -0.640. The molecule has 0 aromatic heterocycles. The summed E-state index contributed by atoms with van der Waals surface area (Å²) in [6.45, 7) is 16.7. The van der Waals surface area contributed by atoms with Crippen molar-refractivity contribution in [1.29, 1.82) is 0 Å². The van der Waals surface area contributed by atoms with Crippen LogP contribution in [0.25, 0.3) is 0 Å². The summed E-state index contributed by atoms with van der Waals surface area (Å²) in [6, 6.07) is 0. The molecule has 0 saturated heterocycles. The van der Waals surface area contributed by atoms with Crippen LogP contribution in [-0.4, -0.2) is 37.6 Å². The predicted octanol–water partition coefficient (Wildman–Crippen LogP) is 2.80. The minimum Gasteiger partial charge on any atom is -0.359 e. The normalized spacial score (nSPS) is 14.9. The minimum absolute atomic E-state index is 0.0109. The molecule has 2 unspecified atom stereocenters. The number of hydrogen-bond acceptors (Lipinski definition) is 3. The zero-order chi connectivity index (χ0) is 12.7. The van der Waals surface area contributed by atoms with E-state index in [4.69, 9.17) is 9.47 Å². The van der Waals surface area contributed by atoms with Crippen molar-refractivity contribution < 1.29 is 9.47 Å². The summed E-state index contributed by atoms with van der Waals surface area (Å²) < 4.78 is 11.2. The van der Waals surface area contributed by atoms with Crippen molar-refractivity contribution in [2.45, 2.75) is 40.2 Å². The fourth-order valence-electron chi connectivity index (χ4n) is 1.06. The van der Waals surface area contributed by atoms with E-state index in [-0.39, 0.29) is 12.5 Å². The van der Waals surface area contributed by atoms with Gasteiger partial charge in [0.1, 0.15) is 12.5 Å². The van der Waals surface area contributed by atoms with Crippen LogP contribution < -0.4 is 0 Å². The highest BCUT2D eigenvalue weighted by atomic mass is 16.5. The summed E-state index contributed by atoms with van der Waals surface area (Å²) in [4.78, 5) is 2.03. The molecular formula is C13H25NO2. The van der Waals surface area contributed by atoms with E-state index >= 15 is 0 Å². The van der Waals surface area contributed by atoms with Gasteiger partial charge in [-0.25, -0.2) is 0 Å². The molecule has 2 atom stereocenters. The first kappa shape index (κ1) is 15.4. The molecule has 94 valence electrons. The van der Waals surface area contributed by atoms with E-state index in [1.807, 2.05) is 39.6 Å². The molecule has 0 spiro atoms. The lowest BCUT2D eigenvalue weighted by Gasteiger charge is -2.30. The second-order valence-corrected chi connectivity index (χ2v) is 4.40. The van der Waals surface area contributed by atoms with Crippen molar-refractivity contribution in [3.05, 3.63) is 24.3 Å². The zero-order valence-electron chi connectivity index (χ0n) is 11.2. The van der Waals surface area contributed by atoms with Gasteiger partial charge in [0, 0.05) is 0 Å². The fourth-order valence-corrected chi connectivity index (χ4v) is 1.06. The summed E-state index contributed by atoms with van der Waals surface area (Å²) in [5.41, 5.74) is 2.05. The average Bonchev–Trinajstić information content (AvgIpc) is 2.21. The number of rotatable bonds is 8. The molecule has 0 aliphatic carbocycles. The maximum Gasteiger partial charge on any atom is 0.109 e. The second kappa shape index (κ2) is 7.60. The van der Waals surface area contributed by atoms with Crippen molar-refractivity contribution >= 4 is 0 Å². The first-order valence-electron chi connectivity index (χ1n) is 5.58. The molecule has 0 aliphatic heterocycles. The molecule has 0 fully saturated rings. The van der Waals surface area contributed by atoms with Crippen molar-refractivity contribution in [3.8, 4) is 0 Å². The van der Waals surface area contributed by atoms with Gasteiger partial charge in [0.05, 0.1) is 13.2 Å². The van der Waals surface area contributed by atoms with E-state index in [0.717, 1.165) is 11.1 Å². The van der Waals surface area contributed by atoms with E-state index in [9.17, 15) is 0 Å². The number of hydrogen-bond donors (Lipinski definition) is 0. The number of ether oxygens (including phenoxy) is 2. The van der Waals surface area contributed by atoms with Crippen LogP contribution in [0.15, 0.2) is 24.3 Å². The largest absolute Gasteiger partial charge is 0.359 e. The van der Waals surface area contributed by atoms with Crippen LogP contribution in [0.5, 0.6) is 0 Å². The Morgan fingerprint density at radius 2 is 1.31 bits per heavy atom. The van der Waals surface area contributed by atoms with Gasteiger partial charge in [-0.05, 0) is 34.7 Å². The van der Waals surface area contributed by atoms with E-state index in [2.05, 4.69) is 13.2 Å². The Balaban J connectivity index is 3.95. The molecule has 16 heavy (non-hydrogen) atoms. The third kappa shape index (κ3) is 6.77. The van der Waals surface area contributed by atoms with Gasteiger partial charge in [-0.15, -0.1) is 0 Å². The van der Waals surface area contributed by atoms with Crippen LogP contribution in [-0.2, 0) is 9.47 Å². The molecular weight excluding hydrogens is 202 g/mol. The molecule has 0 aliphatic rings. The third-order valence-electron chi connectivity index (χ3n) is 2.29. The van der Waals surface area contributed by atoms with Gasteiger partial charge in [-0.3, -0.25) is 4.90 Å². The molecule has 0 rings (SSSR count). The zero-order valence-corrected chi connectivity index (χ0v) is 11.2. The van der Waals surface area contributed by atoms with Gasteiger partial charge < -0.3 is 9.47 Å². The first-order valence-corrected chi connectivity index (χ1v) is 5.58. The van der Waals surface area contributed by atoms with E-state index < -0.39 is 0 Å². The highest BCUT2D eigenvalue weighted by molar-refractivity contribution is 4.88. The molecule has 0 amide bonds. The topological polar surface area (TPSA) is 21.7 Å². The second-order valence-electron chi connectivity index (χ2n) is 4.40. The van der Waals surface area contributed by atoms with Crippen LogP contribution in [0.2, 0.25) is 0 Å². The van der Waals surface area contributed by atoms with Gasteiger partial charge in [-0.1, -0.05) is 24.3 Å². The molecule has 0 bridgehead atoms. The quantitative estimate of drug-likeness (QED) is 0.470. The van der Waals surface area contributed by atoms with Crippen molar-refractivity contribution in [3.63, 3.8) is 0 Å². The summed E-state index contributed by atoms with van der Waals surface area (Å²) in [6.07, 6.45) is 0.0219. The summed E-state index contributed by atoms with van der Waals surface area (Å²) in [7, 11) is 1.98. The Bertz CT molecular complexity index is 214. The van der Waals surface area contributed by atoms with Crippen LogP contribution in [0, 0.1) is 0 Å². The van der Waals surface area contributed by atoms with Gasteiger partial charge >= 0.3 is 0 Å². The first-order chi connectivity index (χ1) is 7.34. The Morgan fingerprint density at radius 3 is 1.56 bits per heavy atom. The van der Waals surface area contributed by atoms with Crippen molar-refractivity contribution in [2.24, 2.45) is 0 Å². The average molecular weight is 227 g/mol. The maximum absolute atomic E-state index is 5.62. The molecule has 0 saturated carbocycles. The van der Waals surface area contributed by atoms with Gasteiger partial charge in [0.15, 0.2) is 0 Å².